The molecule has 0 aliphatic heterocycles. The zero-order valence-electron chi connectivity index (χ0n) is 30.4. The van der Waals surface area contributed by atoms with E-state index in [4.69, 9.17) is 9.97 Å². The van der Waals surface area contributed by atoms with Gasteiger partial charge in [-0.05, 0) is 83.4 Å². The maximum absolute atomic E-state index is 5.09. The van der Waals surface area contributed by atoms with Gasteiger partial charge in [0.05, 0.1) is 39.0 Å². The van der Waals surface area contributed by atoms with Crippen LogP contribution in [-0.2, 0) is 0 Å². The summed E-state index contributed by atoms with van der Waals surface area (Å²) in [7, 11) is 0. The second kappa shape index (κ2) is 13.1. The van der Waals surface area contributed by atoms with Crippen LogP contribution < -0.4 is 0 Å². The van der Waals surface area contributed by atoms with Crippen molar-refractivity contribution in [2.24, 2.45) is 0 Å². The number of pyridine rings is 2. The monoisotopic (exact) mass is 714 g/mol. The van der Waals surface area contributed by atoms with Crippen LogP contribution in [0.25, 0.3) is 99.9 Å². The molecule has 0 aliphatic carbocycles. The Morgan fingerprint density at radius 2 is 0.929 bits per heavy atom. The maximum atomic E-state index is 5.09. The number of fused-ring (bicyclic) bond motifs is 6. The van der Waals surface area contributed by atoms with Gasteiger partial charge >= 0.3 is 0 Å². The Morgan fingerprint density at radius 1 is 0.339 bits per heavy atom. The molecule has 7 aromatic carbocycles. The highest BCUT2D eigenvalue weighted by Crippen LogP contribution is 2.41. The van der Waals surface area contributed by atoms with Crippen molar-refractivity contribution in [3.8, 4) is 56.1 Å². The highest BCUT2D eigenvalue weighted by molar-refractivity contribution is 6.15. The molecular formula is C52H34N4. The molecular weight excluding hydrogens is 681 g/mol. The Bertz CT molecular complexity index is 3160. The van der Waals surface area contributed by atoms with Crippen LogP contribution in [-0.4, -0.2) is 19.1 Å². The molecule has 0 N–H and O–H groups in total. The summed E-state index contributed by atoms with van der Waals surface area (Å²) in [5.41, 5.74) is 16.5. The van der Waals surface area contributed by atoms with Crippen LogP contribution in [0.5, 0.6) is 0 Å². The second-order valence-corrected chi connectivity index (χ2v) is 14.2. The molecule has 11 rings (SSSR count). The van der Waals surface area contributed by atoms with Gasteiger partial charge in [0.1, 0.15) is 0 Å². The molecule has 262 valence electrons. The van der Waals surface area contributed by atoms with Gasteiger partial charge in [-0.2, -0.15) is 0 Å². The number of hydrogen-bond donors (Lipinski definition) is 0. The zero-order chi connectivity index (χ0) is 37.0. The first-order valence-electron chi connectivity index (χ1n) is 19.0. The highest BCUT2D eigenvalue weighted by Gasteiger charge is 2.19. The quantitative estimate of drug-likeness (QED) is 0.172. The average Bonchev–Trinajstić information content (AvgIpc) is 3.80. The lowest BCUT2D eigenvalue weighted by molar-refractivity contribution is 1.17. The summed E-state index contributed by atoms with van der Waals surface area (Å²) in [5, 5.41) is 3.61. The van der Waals surface area contributed by atoms with Crippen molar-refractivity contribution in [2.45, 2.75) is 0 Å². The summed E-state index contributed by atoms with van der Waals surface area (Å²) in [6.07, 6.45) is 1.90. The van der Waals surface area contributed by atoms with E-state index in [1.165, 1.54) is 27.4 Å². The molecule has 0 radical (unpaired) electrons. The molecule has 0 atom stereocenters. The van der Waals surface area contributed by atoms with Gasteiger partial charge in [0.25, 0.3) is 0 Å². The lowest BCUT2D eigenvalue weighted by Gasteiger charge is -2.13. The van der Waals surface area contributed by atoms with Gasteiger partial charge in [-0.15, -0.1) is 0 Å². The third-order valence-electron chi connectivity index (χ3n) is 11.0. The van der Waals surface area contributed by atoms with E-state index in [-0.39, 0.29) is 0 Å². The summed E-state index contributed by atoms with van der Waals surface area (Å²) < 4.78 is 4.74. The second-order valence-electron chi connectivity index (χ2n) is 14.2. The van der Waals surface area contributed by atoms with Gasteiger partial charge in [0, 0.05) is 50.4 Å². The molecule has 4 nitrogen and oxygen atoms in total. The highest BCUT2D eigenvalue weighted by atomic mass is 15.0. The van der Waals surface area contributed by atoms with Crippen molar-refractivity contribution in [2.75, 3.05) is 0 Å². The van der Waals surface area contributed by atoms with E-state index in [9.17, 15) is 0 Å². The third kappa shape index (κ3) is 5.23. The molecule has 4 aromatic heterocycles. The Labute approximate surface area is 324 Å². The minimum atomic E-state index is 0.954. The number of para-hydroxylation sites is 3. The van der Waals surface area contributed by atoms with Crippen LogP contribution >= 0.6 is 0 Å². The smallest absolute Gasteiger partial charge is 0.0963 e. The van der Waals surface area contributed by atoms with Gasteiger partial charge < -0.3 is 9.13 Å². The molecule has 0 saturated heterocycles. The van der Waals surface area contributed by atoms with Crippen LogP contribution in [0.1, 0.15) is 0 Å². The fraction of sp³-hybridized carbons (Fsp3) is 0. The summed E-state index contributed by atoms with van der Waals surface area (Å²) in [6.45, 7) is 0. The van der Waals surface area contributed by atoms with Crippen LogP contribution in [0.4, 0.5) is 0 Å². The third-order valence-corrected chi connectivity index (χ3v) is 11.0. The molecule has 56 heavy (non-hydrogen) atoms. The molecule has 0 spiro atoms. The lowest BCUT2D eigenvalue weighted by atomic mass is 9.99. The van der Waals surface area contributed by atoms with Crippen LogP contribution in [0.15, 0.2) is 206 Å². The van der Waals surface area contributed by atoms with Crippen molar-refractivity contribution < 1.29 is 0 Å². The van der Waals surface area contributed by atoms with Crippen molar-refractivity contribution in [3.05, 3.63) is 206 Å². The molecule has 11 aromatic rings. The van der Waals surface area contributed by atoms with Crippen molar-refractivity contribution in [1.29, 1.82) is 0 Å². The Balaban J connectivity index is 1.05. The molecule has 0 saturated carbocycles. The predicted octanol–water partition coefficient (Wildman–Crippen LogP) is 13.3. The Hall–Kier alpha value is -7.56. The first-order valence-corrected chi connectivity index (χ1v) is 19.0. The fourth-order valence-electron chi connectivity index (χ4n) is 8.39. The summed E-state index contributed by atoms with van der Waals surface area (Å²) >= 11 is 0. The zero-order valence-corrected chi connectivity index (χ0v) is 30.4. The lowest BCUT2D eigenvalue weighted by Crippen LogP contribution is -1.95. The van der Waals surface area contributed by atoms with E-state index < -0.39 is 0 Å². The fourth-order valence-corrected chi connectivity index (χ4v) is 8.39. The van der Waals surface area contributed by atoms with Crippen molar-refractivity contribution in [3.63, 3.8) is 0 Å². The topological polar surface area (TPSA) is 35.6 Å². The molecule has 0 bridgehead atoms. The van der Waals surface area contributed by atoms with Gasteiger partial charge in [-0.25, -0.2) is 4.98 Å². The molecule has 0 amide bonds. The van der Waals surface area contributed by atoms with E-state index in [1.54, 1.807) is 0 Å². The number of nitrogens with zero attached hydrogens (tertiary/aromatic N) is 4. The largest absolute Gasteiger partial charge is 0.309 e. The van der Waals surface area contributed by atoms with Gasteiger partial charge in [-0.1, -0.05) is 133 Å². The van der Waals surface area contributed by atoms with Gasteiger partial charge in [0.2, 0.25) is 0 Å². The SMILES string of the molecule is c1ccc(-c2cc(-c3ccc(-n4c5ccc(-c6cccc7c8ccccc8n(-c8ccccc8)c67)cc5c5ncccc54)cc3)cc(-c3ccccc3)n2)cc1. The normalized spacial score (nSPS) is 11.6. The summed E-state index contributed by atoms with van der Waals surface area (Å²) in [5.74, 6) is 0. The Kier molecular flexibility index (Phi) is 7.46. The van der Waals surface area contributed by atoms with Crippen LogP contribution in [0.3, 0.4) is 0 Å². The summed E-state index contributed by atoms with van der Waals surface area (Å²) in [4.78, 5) is 10.1. The van der Waals surface area contributed by atoms with E-state index in [0.29, 0.717) is 0 Å². The number of benzene rings is 7. The van der Waals surface area contributed by atoms with Gasteiger partial charge in [-0.3, -0.25) is 4.98 Å². The van der Waals surface area contributed by atoms with Crippen LogP contribution in [0, 0.1) is 0 Å². The van der Waals surface area contributed by atoms with E-state index >= 15 is 0 Å². The van der Waals surface area contributed by atoms with Crippen molar-refractivity contribution in [1.82, 2.24) is 19.1 Å². The maximum Gasteiger partial charge on any atom is 0.0963 e. The van der Waals surface area contributed by atoms with E-state index in [0.717, 1.165) is 72.5 Å². The van der Waals surface area contributed by atoms with Crippen molar-refractivity contribution >= 4 is 43.7 Å². The molecule has 4 heterocycles. The first-order chi connectivity index (χ1) is 27.8. The standard InChI is InChI=1S/C52H34N4/c1-4-14-36(15-5-1)46-33-39(34-47(54-46)37-16-6-2-7-17-37)35-25-28-41(29-26-35)55-49-30-27-38(32-45(49)51-50(55)24-13-31-53-51)42-21-12-22-44-43-20-10-11-23-48(43)56(52(42)44)40-18-8-3-9-19-40/h1-34H. The number of aromatic nitrogens is 4. The number of hydrogen-bond acceptors (Lipinski definition) is 2. The minimum Gasteiger partial charge on any atom is -0.309 e. The predicted molar refractivity (Wildman–Crippen MR) is 232 cm³/mol. The Morgan fingerprint density at radius 3 is 1.66 bits per heavy atom. The minimum absolute atomic E-state index is 0.954. The van der Waals surface area contributed by atoms with E-state index in [1.807, 2.05) is 24.4 Å². The summed E-state index contributed by atoms with van der Waals surface area (Å²) in [6, 6.07) is 71.2. The first kappa shape index (κ1) is 31.9. The van der Waals surface area contributed by atoms with Crippen LogP contribution in [0.2, 0.25) is 0 Å². The molecule has 4 heteroatoms. The molecule has 0 unspecified atom stereocenters. The number of rotatable bonds is 6. The van der Waals surface area contributed by atoms with E-state index in [2.05, 4.69) is 191 Å². The average molecular weight is 715 g/mol. The molecule has 0 fully saturated rings. The molecule has 0 aliphatic rings. The van der Waals surface area contributed by atoms with Gasteiger partial charge in [0.15, 0.2) is 0 Å².